The van der Waals surface area contributed by atoms with E-state index in [4.69, 9.17) is 4.74 Å². The zero-order valence-corrected chi connectivity index (χ0v) is 12.8. The molecule has 1 aliphatic rings. The van der Waals surface area contributed by atoms with Crippen molar-refractivity contribution in [3.8, 4) is 5.75 Å². The summed E-state index contributed by atoms with van der Waals surface area (Å²) in [5.41, 5.74) is 1.86. The van der Waals surface area contributed by atoms with Crippen LogP contribution in [-0.2, 0) is 9.59 Å². The van der Waals surface area contributed by atoms with E-state index in [2.05, 4.69) is 5.32 Å². The number of aryl methyl sites for hydroxylation is 1. The Labute approximate surface area is 125 Å². The van der Waals surface area contributed by atoms with Gasteiger partial charge in [-0.2, -0.15) is 0 Å². The highest BCUT2D eigenvalue weighted by Crippen LogP contribution is 2.24. The number of ether oxygens (including phenoxy) is 1. The minimum atomic E-state index is -0.458. The molecular formula is C16H22N2O3. The summed E-state index contributed by atoms with van der Waals surface area (Å²) < 4.78 is 5.44. The van der Waals surface area contributed by atoms with Crippen molar-refractivity contribution >= 4 is 17.5 Å². The second kappa shape index (κ2) is 6.61. The highest BCUT2D eigenvalue weighted by molar-refractivity contribution is 6.06. The van der Waals surface area contributed by atoms with Crippen LogP contribution in [0.25, 0.3) is 0 Å². The van der Waals surface area contributed by atoms with Crippen molar-refractivity contribution in [2.75, 3.05) is 18.5 Å². The van der Waals surface area contributed by atoms with Crippen molar-refractivity contribution in [1.82, 2.24) is 4.90 Å². The number of likely N-dealkylation sites (tertiary alicyclic amines) is 1. The number of carbonyl (C=O) groups is 2. The van der Waals surface area contributed by atoms with E-state index in [1.54, 1.807) is 0 Å². The lowest BCUT2D eigenvalue weighted by molar-refractivity contribution is -0.138. The minimum absolute atomic E-state index is 0.0945. The molecule has 0 saturated carbocycles. The molecule has 0 bridgehead atoms. The minimum Gasteiger partial charge on any atom is -0.494 e. The Kier molecular flexibility index (Phi) is 4.83. The fourth-order valence-electron chi connectivity index (χ4n) is 2.50. The summed E-state index contributed by atoms with van der Waals surface area (Å²) in [5.74, 6) is 0.583. The van der Waals surface area contributed by atoms with Crippen LogP contribution < -0.4 is 10.1 Å². The van der Waals surface area contributed by atoms with Gasteiger partial charge in [-0.15, -0.1) is 0 Å². The van der Waals surface area contributed by atoms with E-state index in [1.807, 2.05) is 39.0 Å². The van der Waals surface area contributed by atoms with Crippen molar-refractivity contribution in [3.63, 3.8) is 0 Å². The lowest BCUT2D eigenvalue weighted by Crippen LogP contribution is -2.35. The van der Waals surface area contributed by atoms with Crippen LogP contribution in [-0.4, -0.2) is 35.9 Å². The van der Waals surface area contributed by atoms with Crippen LogP contribution in [0.2, 0.25) is 0 Å². The Balaban J connectivity index is 2.08. The second-order valence-electron chi connectivity index (χ2n) is 5.19. The van der Waals surface area contributed by atoms with Gasteiger partial charge in [0, 0.05) is 12.2 Å². The summed E-state index contributed by atoms with van der Waals surface area (Å²) in [4.78, 5) is 25.4. The maximum atomic E-state index is 12.2. The summed E-state index contributed by atoms with van der Waals surface area (Å²) in [6.07, 6.45) is 1.01. The second-order valence-corrected chi connectivity index (χ2v) is 5.19. The average Bonchev–Trinajstić information content (AvgIpc) is 2.70. The molecule has 1 N–H and O–H groups in total. The van der Waals surface area contributed by atoms with Gasteiger partial charge in [0.05, 0.1) is 13.0 Å². The number of nitrogens with one attached hydrogen (secondary N) is 1. The van der Waals surface area contributed by atoms with Crippen LogP contribution in [0.4, 0.5) is 5.69 Å². The smallest absolute Gasteiger partial charge is 0.252 e. The molecule has 1 atom stereocenters. The number of nitrogens with zero attached hydrogens (tertiary/aromatic N) is 1. The summed E-state index contributed by atoms with van der Waals surface area (Å²) in [6, 6.07) is 5.22. The number of imide groups is 1. The maximum Gasteiger partial charge on any atom is 0.252 e. The summed E-state index contributed by atoms with van der Waals surface area (Å²) >= 11 is 0. The highest BCUT2D eigenvalue weighted by atomic mass is 16.5. The number of rotatable bonds is 6. The van der Waals surface area contributed by atoms with Gasteiger partial charge in [0.1, 0.15) is 11.8 Å². The molecule has 1 aliphatic heterocycles. The van der Waals surface area contributed by atoms with E-state index >= 15 is 0 Å². The summed E-state index contributed by atoms with van der Waals surface area (Å²) in [5, 5.41) is 3.18. The molecule has 1 heterocycles. The number of benzene rings is 1. The largest absolute Gasteiger partial charge is 0.494 e. The highest BCUT2D eigenvalue weighted by Gasteiger charge is 2.37. The summed E-state index contributed by atoms with van der Waals surface area (Å²) in [6.45, 7) is 6.96. The molecule has 5 heteroatoms. The van der Waals surface area contributed by atoms with Gasteiger partial charge >= 0.3 is 0 Å². The van der Waals surface area contributed by atoms with Gasteiger partial charge in [-0.25, -0.2) is 0 Å². The molecule has 114 valence electrons. The molecule has 0 spiro atoms. The standard InChI is InChI=1S/C16H22N2O3/c1-4-8-18-15(19)10-14(16(18)20)17-13-7-6-12(21-5-2)9-11(13)3/h6-7,9,14,17H,4-5,8,10H2,1-3H3. The first-order valence-electron chi connectivity index (χ1n) is 7.41. The molecule has 1 fully saturated rings. The van der Waals surface area contributed by atoms with Crippen LogP contribution in [0.5, 0.6) is 5.75 Å². The zero-order valence-electron chi connectivity index (χ0n) is 12.8. The molecule has 0 aromatic heterocycles. The Morgan fingerprint density at radius 1 is 1.33 bits per heavy atom. The quantitative estimate of drug-likeness (QED) is 0.817. The lowest BCUT2D eigenvalue weighted by atomic mass is 10.1. The lowest BCUT2D eigenvalue weighted by Gasteiger charge is -2.17. The molecule has 1 saturated heterocycles. The summed E-state index contributed by atoms with van der Waals surface area (Å²) in [7, 11) is 0. The predicted octanol–water partition coefficient (Wildman–Crippen LogP) is 2.34. The van der Waals surface area contributed by atoms with Crippen molar-refractivity contribution in [2.45, 2.75) is 39.7 Å². The molecule has 0 radical (unpaired) electrons. The van der Waals surface area contributed by atoms with Crippen molar-refractivity contribution in [2.24, 2.45) is 0 Å². The molecule has 21 heavy (non-hydrogen) atoms. The van der Waals surface area contributed by atoms with E-state index in [0.717, 1.165) is 23.4 Å². The first-order valence-corrected chi connectivity index (χ1v) is 7.41. The van der Waals surface area contributed by atoms with Gasteiger partial charge in [-0.05, 0) is 44.0 Å². The molecule has 1 aromatic rings. The van der Waals surface area contributed by atoms with Gasteiger partial charge in [0.15, 0.2) is 0 Å². The number of hydrogen-bond donors (Lipinski definition) is 1. The molecular weight excluding hydrogens is 268 g/mol. The van der Waals surface area contributed by atoms with Crippen molar-refractivity contribution in [1.29, 1.82) is 0 Å². The SMILES string of the molecule is CCCN1C(=O)CC(Nc2ccc(OCC)cc2C)C1=O. The molecule has 1 aromatic carbocycles. The monoisotopic (exact) mass is 290 g/mol. The van der Waals surface area contributed by atoms with Gasteiger partial charge in [-0.3, -0.25) is 14.5 Å². The van der Waals surface area contributed by atoms with Crippen LogP contribution in [0.3, 0.4) is 0 Å². The van der Waals surface area contributed by atoms with Crippen molar-refractivity contribution < 1.29 is 14.3 Å². The van der Waals surface area contributed by atoms with Gasteiger partial charge in [0.25, 0.3) is 5.91 Å². The fraction of sp³-hybridized carbons (Fsp3) is 0.500. The Morgan fingerprint density at radius 3 is 2.71 bits per heavy atom. The Bertz CT molecular complexity index is 542. The van der Waals surface area contributed by atoms with Crippen LogP contribution >= 0.6 is 0 Å². The van der Waals surface area contributed by atoms with Crippen molar-refractivity contribution in [3.05, 3.63) is 23.8 Å². The first-order chi connectivity index (χ1) is 10.1. The molecule has 2 rings (SSSR count). The van der Waals surface area contributed by atoms with Gasteiger partial charge in [0.2, 0.25) is 5.91 Å². The molecule has 1 unspecified atom stereocenters. The number of hydrogen-bond acceptors (Lipinski definition) is 4. The topological polar surface area (TPSA) is 58.6 Å². The van der Waals surface area contributed by atoms with Gasteiger partial charge < -0.3 is 10.1 Å². The number of carbonyl (C=O) groups excluding carboxylic acids is 2. The molecule has 5 nitrogen and oxygen atoms in total. The van der Waals surface area contributed by atoms with Crippen LogP contribution in [0.15, 0.2) is 18.2 Å². The van der Waals surface area contributed by atoms with E-state index in [-0.39, 0.29) is 18.2 Å². The normalized spacial score (nSPS) is 18.2. The predicted molar refractivity (Wildman–Crippen MR) is 81.4 cm³/mol. The molecule has 0 aliphatic carbocycles. The molecule has 2 amide bonds. The fourth-order valence-corrected chi connectivity index (χ4v) is 2.50. The van der Waals surface area contributed by atoms with E-state index < -0.39 is 6.04 Å². The van der Waals surface area contributed by atoms with Crippen LogP contribution in [0, 0.1) is 6.92 Å². The van der Waals surface area contributed by atoms with E-state index in [0.29, 0.717) is 13.2 Å². The van der Waals surface area contributed by atoms with E-state index in [1.165, 1.54) is 4.90 Å². The third-order valence-electron chi connectivity index (χ3n) is 3.53. The average molecular weight is 290 g/mol. The van der Waals surface area contributed by atoms with Gasteiger partial charge in [-0.1, -0.05) is 6.92 Å². The third kappa shape index (κ3) is 3.35. The van der Waals surface area contributed by atoms with Crippen LogP contribution in [0.1, 0.15) is 32.3 Å². The number of amides is 2. The Hall–Kier alpha value is -2.04. The Morgan fingerprint density at radius 2 is 2.10 bits per heavy atom. The maximum absolute atomic E-state index is 12.2. The van der Waals surface area contributed by atoms with E-state index in [9.17, 15) is 9.59 Å². The third-order valence-corrected chi connectivity index (χ3v) is 3.53. The number of anilines is 1. The zero-order chi connectivity index (χ0) is 15.4. The first kappa shape index (κ1) is 15.4.